The molecule has 214 valence electrons. The minimum Gasteiger partial charge on any atom is -0.480 e. The minimum atomic E-state index is -1.15. The van der Waals surface area contributed by atoms with Crippen LogP contribution in [-0.2, 0) is 30.2 Å². The van der Waals surface area contributed by atoms with Gasteiger partial charge in [-0.1, -0.05) is 46.6 Å². The summed E-state index contributed by atoms with van der Waals surface area (Å²) in [6, 6.07) is 3.21. The van der Waals surface area contributed by atoms with E-state index in [1.54, 1.807) is 6.92 Å². The number of carboxylic acid groups (broad SMARTS) is 1. The van der Waals surface area contributed by atoms with Crippen molar-refractivity contribution >= 4 is 24.4 Å². The van der Waals surface area contributed by atoms with Crippen LogP contribution in [0.2, 0.25) is 0 Å². The Labute approximate surface area is 222 Å². The van der Waals surface area contributed by atoms with Gasteiger partial charge in [-0.15, -0.1) is 0 Å². The van der Waals surface area contributed by atoms with E-state index in [1.165, 1.54) is 25.3 Å². The van der Waals surface area contributed by atoms with Crippen molar-refractivity contribution in [3.8, 4) is 11.5 Å². The number of ether oxygens (including phenoxy) is 6. The minimum absolute atomic E-state index is 0.0305. The average Bonchev–Trinajstić information content (AvgIpc) is 2.89. The summed E-state index contributed by atoms with van der Waals surface area (Å²) in [6.07, 6.45) is -1.93. The molecule has 0 heterocycles. The van der Waals surface area contributed by atoms with Crippen molar-refractivity contribution in [1.82, 2.24) is 5.32 Å². The Kier molecular flexibility index (Phi) is 14.6. The standard InChI is InChI=1S/C26H39NO11/c1-7-16(3)14-34-25(31)37-21-10-9-19(12-22(21)38-26(32)35-15-17(4)8-2)11-20(23(28)29)27-13-18(5)36-24(30)33-6/h9-10,12,16-18,20,27H,7-8,11,13-15H2,1-6H3,(H,28,29)/t16?,17?,18?,20-/m0/s1. The Hall–Kier alpha value is -3.54. The Morgan fingerprint density at radius 3 is 1.92 bits per heavy atom. The number of hydrogen-bond donors (Lipinski definition) is 2. The Bertz CT molecular complexity index is 920. The molecule has 0 bridgehead atoms. The normalized spacial score (nSPS) is 13.8. The van der Waals surface area contributed by atoms with Crippen LogP contribution in [0, 0.1) is 11.8 Å². The number of benzene rings is 1. The maximum Gasteiger partial charge on any atom is 0.513 e. The quantitative estimate of drug-likeness (QED) is 0.181. The number of carbonyl (C=O) groups is 4. The van der Waals surface area contributed by atoms with Gasteiger partial charge in [-0.25, -0.2) is 14.4 Å². The molecule has 0 aliphatic heterocycles. The molecule has 0 radical (unpaired) electrons. The average molecular weight is 542 g/mol. The first kappa shape index (κ1) is 32.5. The predicted molar refractivity (Wildman–Crippen MR) is 135 cm³/mol. The van der Waals surface area contributed by atoms with Crippen LogP contribution in [0.15, 0.2) is 18.2 Å². The number of carboxylic acids is 1. The fourth-order valence-corrected chi connectivity index (χ4v) is 2.78. The zero-order chi connectivity index (χ0) is 28.7. The number of methoxy groups -OCH3 is 1. The summed E-state index contributed by atoms with van der Waals surface area (Å²) < 4.78 is 30.1. The van der Waals surface area contributed by atoms with E-state index in [0.29, 0.717) is 5.56 Å². The molecule has 1 aromatic rings. The summed E-state index contributed by atoms with van der Waals surface area (Å²) in [5.41, 5.74) is 0.455. The highest BCUT2D eigenvalue weighted by Gasteiger charge is 2.22. The van der Waals surface area contributed by atoms with Gasteiger partial charge in [0, 0.05) is 6.54 Å². The van der Waals surface area contributed by atoms with Gasteiger partial charge in [0.15, 0.2) is 11.5 Å². The summed E-state index contributed by atoms with van der Waals surface area (Å²) in [7, 11) is 1.17. The lowest BCUT2D eigenvalue weighted by atomic mass is 10.0. The van der Waals surface area contributed by atoms with Gasteiger partial charge in [0.1, 0.15) is 12.1 Å². The molecular formula is C26H39NO11. The second kappa shape index (κ2) is 17.1. The molecule has 0 saturated heterocycles. The molecule has 12 heteroatoms. The van der Waals surface area contributed by atoms with Crippen LogP contribution in [0.1, 0.15) is 53.0 Å². The van der Waals surface area contributed by atoms with Crippen LogP contribution in [0.5, 0.6) is 11.5 Å². The van der Waals surface area contributed by atoms with Crippen LogP contribution >= 0.6 is 0 Å². The molecule has 0 aliphatic carbocycles. The monoisotopic (exact) mass is 541 g/mol. The van der Waals surface area contributed by atoms with E-state index < -0.39 is 36.6 Å². The molecular weight excluding hydrogens is 502 g/mol. The van der Waals surface area contributed by atoms with E-state index in [-0.39, 0.29) is 49.5 Å². The summed E-state index contributed by atoms with van der Waals surface area (Å²) >= 11 is 0. The lowest BCUT2D eigenvalue weighted by Crippen LogP contribution is -2.42. The van der Waals surface area contributed by atoms with Gasteiger partial charge < -0.3 is 38.8 Å². The first-order chi connectivity index (χ1) is 18.0. The van der Waals surface area contributed by atoms with E-state index in [2.05, 4.69) is 10.1 Å². The molecule has 12 nitrogen and oxygen atoms in total. The zero-order valence-corrected chi connectivity index (χ0v) is 22.8. The van der Waals surface area contributed by atoms with E-state index in [4.69, 9.17) is 23.7 Å². The smallest absolute Gasteiger partial charge is 0.480 e. The molecule has 0 fully saturated rings. The van der Waals surface area contributed by atoms with E-state index in [9.17, 15) is 24.3 Å². The molecule has 0 amide bonds. The molecule has 1 aromatic carbocycles. The Balaban J connectivity index is 3.03. The third-order valence-corrected chi connectivity index (χ3v) is 5.61. The zero-order valence-electron chi connectivity index (χ0n) is 22.8. The van der Waals surface area contributed by atoms with Crippen molar-refractivity contribution in [3.63, 3.8) is 0 Å². The molecule has 0 spiro atoms. The van der Waals surface area contributed by atoms with Gasteiger partial charge in [0.05, 0.1) is 20.3 Å². The SMILES string of the molecule is CCC(C)COC(=O)Oc1ccc(C[C@H](NCC(C)OC(=O)OC)C(=O)O)cc1OC(=O)OCC(C)CC. The molecule has 1 rings (SSSR count). The number of carbonyl (C=O) groups excluding carboxylic acids is 3. The third kappa shape index (κ3) is 12.6. The predicted octanol–water partition coefficient (Wildman–Crippen LogP) is 4.57. The Morgan fingerprint density at radius 2 is 1.42 bits per heavy atom. The van der Waals surface area contributed by atoms with E-state index in [0.717, 1.165) is 12.8 Å². The summed E-state index contributed by atoms with van der Waals surface area (Å²) in [4.78, 5) is 47.5. The van der Waals surface area contributed by atoms with Crippen molar-refractivity contribution < 1.29 is 52.7 Å². The number of aliphatic carboxylic acids is 1. The third-order valence-electron chi connectivity index (χ3n) is 5.61. The van der Waals surface area contributed by atoms with Gasteiger partial charge in [0.25, 0.3) is 0 Å². The van der Waals surface area contributed by atoms with Crippen LogP contribution in [-0.4, -0.2) is 68.6 Å². The molecule has 0 saturated carbocycles. The molecule has 0 aromatic heterocycles. The largest absolute Gasteiger partial charge is 0.513 e. The summed E-state index contributed by atoms with van der Waals surface area (Å²) in [6.45, 7) is 9.65. The van der Waals surface area contributed by atoms with Crippen molar-refractivity contribution in [1.29, 1.82) is 0 Å². The van der Waals surface area contributed by atoms with Crippen molar-refractivity contribution in [3.05, 3.63) is 23.8 Å². The van der Waals surface area contributed by atoms with Gasteiger partial charge in [-0.3, -0.25) is 4.79 Å². The first-order valence-electron chi connectivity index (χ1n) is 12.5. The van der Waals surface area contributed by atoms with Crippen LogP contribution in [0.25, 0.3) is 0 Å². The summed E-state index contributed by atoms with van der Waals surface area (Å²) in [5.74, 6) is -1.13. The summed E-state index contributed by atoms with van der Waals surface area (Å²) in [5, 5.41) is 12.5. The Morgan fingerprint density at radius 1 is 0.868 bits per heavy atom. The van der Waals surface area contributed by atoms with Gasteiger partial charge >= 0.3 is 24.4 Å². The van der Waals surface area contributed by atoms with Crippen molar-refractivity contribution in [2.24, 2.45) is 11.8 Å². The van der Waals surface area contributed by atoms with Crippen LogP contribution in [0.4, 0.5) is 14.4 Å². The maximum absolute atomic E-state index is 12.3. The fraction of sp³-hybridized carbons (Fsp3) is 0.615. The van der Waals surface area contributed by atoms with Crippen LogP contribution in [0.3, 0.4) is 0 Å². The van der Waals surface area contributed by atoms with E-state index in [1.807, 2.05) is 27.7 Å². The molecule has 3 unspecified atom stereocenters. The highest BCUT2D eigenvalue weighted by Crippen LogP contribution is 2.30. The molecule has 4 atom stereocenters. The van der Waals surface area contributed by atoms with Gasteiger partial charge in [-0.2, -0.15) is 0 Å². The van der Waals surface area contributed by atoms with Gasteiger partial charge in [-0.05, 0) is 42.9 Å². The molecule has 2 N–H and O–H groups in total. The molecule has 38 heavy (non-hydrogen) atoms. The second-order valence-corrected chi connectivity index (χ2v) is 9.02. The number of nitrogens with one attached hydrogen (secondary N) is 1. The van der Waals surface area contributed by atoms with Crippen molar-refractivity contribution in [2.75, 3.05) is 26.9 Å². The lowest BCUT2D eigenvalue weighted by Gasteiger charge is -2.19. The maximum atomic E-state index is 12.3. The molecule has 0 aliphatic rings. The highest BCUT2D eigenvalue weighted by molar-refractivity contribution is 5.74. The van der Waals surface area contributed by atoms with E-state index >= 15 is 0 Å². The lowest BCUT2D eigenvalue weighted by molar-refractivity contribution is -0.139. The number of rotatable bonds is 15. The second-order valence-electron chi connectivity index (χ2n) is 9.02. The van der Waals surface area contributed by atoms with Crippen LogP contribution < -0.4 is 14.8 Å². The highest BCUT2D eigenvalue weighted by atomic mass is 16.7. The van der Waals surface area contributed by atoms with Crippen molar-refractivity contribution in [2.45, 2.75) is 66.0 Å². The van der Waals surface area contributed by atoms with Gasteiger partial charge in [0.2, 0.25) is 0 Å². The topological polar surface area (TPSA) is 156 Å². The first-order valence-corrected chi connectivity index (χ1v) is 12.5. The number of hydrogen-bond acceptors (Lipinski definition) is 11. The fourth-order valence-electron chi connectivity index (χ4n) is 2.78.